The molecule has 1 amide bonds. The molecular weight excluding hydrogens is 371 g/mol. The van der Waals surface area contributed by atoms with Crippen molar-refractivity contribution in [3.63, 3.8) is 0 Å². The molecule has 0 spiro atoms. The Bertz CT molecular complexity index is 851. The Hall–Kier alpha value is -1.46. The van der Waals surface area contributed by atoms with Crippen LogP contribution in [0, 0.1) is 17.7 Å². The number of rotatable bonds is 3. The summed E-state index contributed by atoms with van der Waals surface area (Å²) in [5.74, 6) is 0.820. The maximum Gasteiger partial charge on any atom is 0.257 e. The van der Waals surface area contributed by atoms with Gasteiger partial charge in [-0.1, -0.05) is 0 Å². The van der Waals surface area contributed by atoms with Gasteiger partial charge < -0.3 is 0 Å². The van der Waals surface area contributed by atoms with E-state index in [1.807, 2.05) is 0 Å². The number of benzene rings is 1. The highest BCUT2D eigenvalue weighted by atomic mass is 35.5. The Morgan fingerprint density at radius 3 is 2.54 bits per heavy atom. The Morgan fingerprint density at radius 1 is 1.19 bits per heavy atom. The highest BCUT2D eigenvalue weighted by Gasteiger charge is 2.58. The van der Waals surface area contributed by atoms with Crippen molar-refractivity contribution in [2.75, 3.05) is 5.32 Å². The van der Waals surface area contributed by atoms with E-state index in [0.717, 1.165) is 25.0 Å². The summed E-state index contributed by atoms with van der Waals surface area (Å²) in [6.07, 6.45) is 6.95. The summed E-state index contributed by atoms with van der Waals surface area (Å²) in [6.45, 7) is 0. The second-order valence-corrected chi connectivity index (χ2v) is 10.1. The molecule has 4 bridgehead atoms. The SMILES string of the molecule is O=C(Nc1nc(C23C[C@@H]4C[C@@H](CC(Cl)(C4)C2)C3)cs1)c1ccc(F)cc1. The quantitative estimate of drug-likeness (QED) is 0.716. The molecule has 2 aromatic rings. The lowest BCUT2D eigenvalue weighted by atomic mass is 9.48. The van der Waals surface area contributed by atoms with Gasteiger partial charge in [0.1, 0.15) is 5.82 Å². The molecular formula is C20H20ClFN2OS. The van der Waals surface area contributed by atoms with Crippen LogP contribution in [0.25, 0.3) is 0 Å². The van der Waals surface area contributed by atoms with Crippen molar-refractivity contribution in [1.29, 1.82) is 0 Å². The van der Waals surface area contributed by atoms with Gasteiger partial charge in [0.05, 0.1) is 5.69 Å². The van der Waals surface area contributed by atoms with Crippen molar-refractivity contribution in [1.82, 2.24) is 4.98 Å². The lowest BCUT2D eigenvalue weighted by Crippen LogP contribution is -2.55. The zero-order chi connectivity index (χ0) is 17.9. The summed E-state index contributed by atoms with van der Waals surface area (Å²) in [6, 6.07) is 5.54. The topological polar surface area (TPSA) is 42.0 Å². The van der Waals surface area contributed by atoms with E-state index in [1.54, 1.807) is 0 Å². The predicted octanol–water partition coefficient (Wildman–Crippen LogP) is 5.36. The summed E-state index contributed by atoms with van der Waals surface area (Å²) >= 11 is 8.39. The van der Waals surface area contributed by atoms with E-state index in [2.05, 4.69) is 10.7 Å². The summed E-state index contributed by atoms with van der Waals surface area (Å²) in [5, 5.41) is 5.55. The number of hydrogen-bond donors (Lipinski definition) is 1. The Kier molecular flexibility index (Phi) is 3.70. The molecule has 0 saturated heterocycles. The van der Waals surface area contributed by atoms with Crippen LogP contribution in [0.2, 0.25) is 0 Å². The first kappa shape index (κ1) is 16.7. The van der Waals surface area contributed by atoms with Crippen molar-refractivity contribution in [2.45, 2.75) is 48.8 Å². The molecule has 2 unspecified atom stereocenters. The summed E-state index contributed by atoms with van der Waals surface area (Å²) in [4.78, 5) is 17.1. The second kappa shape index (κ2) is 5.77. The van der Waals surface area contributed by atoms with Gasteiger partial charge >= 0.3 is 0 Å². The first-order chi connectivity index (χ1) is 12.4. The van der Waals surface area contributed by atoms with Gasteiger partial charge in [-0.25, -0.2) is 9.37 Å². The minimum Gasteiger partial charge on any atom is -0.298 e. The van der Waals surface area contributed by atoms with Crippen LogP contribution in [0.4, 0.5) is 9.52 Å². The summed E-state index contributed by atoms with van der Waals surface area (Å²) in [7, 11) is 0. The van der Waals surface area contributed by atoms with Crippen LogP contribution in [-0.2, 0) is 5.41 Å². The van der Waals surface area contributed by atoms with Crippen LogP contribution in [0.1, 0.15) is 54.6 Å². The zero-order valence-electron chi connectivity index (χ0n) is 14.3. The number of amides is 1. The Balaban J connectivity index is 1.37. The Morgan fingerprint density at radius 2 is 1.88 bits per heavy atom. The van der Waals surface area contributed by atoms with E-state index in [0.29, 0.717) is 22.5 Å². The number of anilines is 1. The van der Waals surface area contributed by atoms with Gasteiger partial charge in [-0.2, -0.15) is 0 Å². The van der Waals surface area contributed by atoms with Gasteiger partial charge in [-0.3, -0.25) is 10.1 Å². The van der Waals surface area contributed by atoms with Crippen LogP contribution in [-0.4, -0.2) is 15.8 Å². The largest absolute Gasteiger partial charge is 0.298 e. The number of carbonyl (C=O) groups is 1. The van der Waals surface area contributed by atoms with Gasteiger partial charge in [0.25, 0.3) is 5.91 Å². The molecule has 4 atom stereocenters. The molecule has 1 N–H and O–H groups in total. The van der Waals surface area contributed by atoms with E-state index in [4.69, 9.17) is 16.6 Å². The van der Waals surface area contributed by atoms with Gasteiger partial charge in [-0.15, -0.1) is 22.9 Å². The first-order valence-electron chi connectivity index (χ1n) is 9.15. The van der Waals surface area contributed by atoms with Crippen molar-refractivity contribution in [3.05, 3.63) is 46.7 Å². The number of halogens is 2. The number of nitrogens with one attached hydrogen (secondary N) is 1. The average Bonchev–Trinajstić information content (AvgIpc) is 3.02. The van der Waals surface area contributed by atoms with Crippen LogP contribution in [0.3, 0.4) is 0 Å². The number of hydrogen-bond acceptors (Lipinski definition) is 3. The normalized spacial score (nSPS) is 34.8. The van der Waals surface area contributed by atoms with Crippen molar-refractivity contribution in [2.24, 2.45) is 11.8 Å². The minimum absolute atomic E-state index is 0.0504. The third kappa shape index (κ3) is 2.76. The fourth-order valence-electron chi connectivity index (χ4n) is 5.80. The van der Waals surface area contributed by atoms with Gasteiger partial charge in [0.15, 0.2) is 5.13 Å². The molecule has 1 aromatic heterocycles. The molecule has 136 valence electrons. The fraction of sp³-hybridized carbons (Fsp3) is 0.500. The summed E-state index contributed by atoms with van der Waals surface area (Å²) < 4.78 is 13.0. The number of nitrogens with zero attached hydrogens (tertiary/aromatic N) is 1. The third-order valence-corrected chi connectivity index (χ3v) is 7.56. The van der Waals surface area contributed by atoms with Crippen molar-refractivity contribution in [3.8, 4) is 0 Å². The van der Waals surface area contributed by atoms with Crippen LogP contribution >= 0.6 is 22.9 Å². The maximum absolute atomic E-state index is 13.0. The molecule has 1 heterocycles. The average molecular weight is 391 g/mol. The number of carbonyl (C=O) groups excluding carboxylic acids is 1. The van der Waals surface area contributed by atoms with Crippen molar-refractivity contribution >= 4 is 34.0 Å². The molecule has 26 heavy (non-hydrogen) atoms. The second-order valence-electron chi connectivity index (χ2n) is 8.39. The third-order valence-electron chi connectivity index (χ3n) is 6.36. The molecule has 3 nitrogen and oxygen atoms in total. The smallest absolute Gasteiger partial charge is 0.257 e. The molecule has 0 aliphatic heterocycles. The van der Waals surface area contributed by atoms with Gasteiger partial charge in [-0.05, 0) is 74.6 Å². The monoisotopic (exact) mass is 390 g/mol. The molecule has 6 heteroatoms. The molecule has 4 aliphatic rings. The number of thiazole rings is 1. The van der Waals surface area contributed by atoms with Crippen LogP contribution < -0.4 is 5.32 Å². The maximum atomic E-state index is 13.0. The van der Waals surface area contributed by atoms with E-state index in [-0.39, 0.29) is 22.0 Å². The molecule has 0 radical (unpaired) electrons. The van der Waals surface area contributed by atoms with E-state index in [9.17, 15) is 9.18 Å². The van der Waals surface area contributed by atoms with Crippen LogP contribution in [0.15, 0.2) is 29.6 Å². The lowest BCUT2D eigenvalue weighted by molar-refractivity contribution is 0.00720. The van der Waals surface area contributed by atoms with Gasteiger partial charge in [0, 0.05) is 21.2 Å². The number of aromatic nitrogens is 1. The predicted molar refractivity (Wildman–Crippen MR) is 101 cm³/mol. The Labute approximate surface area is 161 Å². The lowest BCUT2D eigenvalue weighted by Gasteiger charge is -2.59. The molecule has 6 rings (SSSR count). The fourth-order valence-corrected chi connectivity index (χ4v) is 7.32. The standard InChI is InChI=1S/C20H20ClFN2OS/c21-20-8-12-5-13(9-20)7-19(6-12,11-20)16-10-26-18(23-16)24-17(25)14-1-3-15(22)4-2-14/h1-4,10,12-13H,5-9,11H2,(H,23,24,25)/t12-,13+,19?,20?. The zero-order valence-corrected chi connectivity index (χ0v) is 15.9. The summed E-state index contributed by atoms with van der Waals surface area (Å²) in [5.41, 5.74) is 1.61. The van der Waals surface area contributed by atoms with Gasteiger partial charge in [0.2, 0.25) is 0 Å². The van der Waals surface area contributed by atoms with Crippen molar-refractivity contribution < 1.29 is 9.18 Å². The molecule has 1 aromatic carbocycles. The number of alkyl halides is 1. The molecule has 4 saturated carbocycles. The van der Waals surface area contributed by atoms with E-state index >= 15 is 0 Å². The highest BCUT2D eigenvalue weighted by molar-refractivity contribution is 7.14. The minimum atomic E-state index is -0.352. The molecule has 4 fully saturated rings. The highest BCUT2D eigenvalue weighted by Crippen LogP contribution is 2.64. The van der Waals surface area contributed by atoms with E-state index < -0.39 is 0 Å². The molecule has 4 aliphatic carbocycles. The van der Waals surface area contributed by atoms with Crippen LogP contribution in [0.5, 0.6) is 0 Å². The van der Waals surface area contributed by atoms with E-state index in [1.165, 1.54) is 54.9 Å². The first-order valence-corrected chi connectivity index (χ1v) is 10.4.